The molecule has 0 aliphatic rings. The van der Waals surface area contributed by atoms with Crippen molar-refractivity contribution >= 4 is 28.5 Å². The number of aromatic nitrogens is 1. The Morgan fingerprint density at radius 2 is 2.11 bits per heavy atom. The number of carboxylic acids is 1. The van der Waals surface area contributed by atoms with Crippen molar-refractivity contribution in [3.8, 4) is 0 Å². The van der Waals surface area contributed by atoms with Crippen molar-refractivity contribution in [2.75, 3.05) is 11.5 Å². The summed E-state index contributed by atoms with van der Waals surface area (Å²) in [6.07, 6.45) is -1.33. The van der Waals surface area contributed by atoms with Gasteiger partial charge in [0.25, 0.3) is 0 Å². The van der Waals surface area contributed by atoms with E-state index in [0.717, 1.165) is 18.0 Å². The molecule has 0 saturated heterocycles. The number of aliphatic hydroxyl groups is 2. The standard InChI is InChI=1S/C11H14N2O5S/c1-5(14)19-4-8(15)10(16)6-2-7(12)9(11(17)18)13-3-6/h2-3,8,10,15-16H,4,12H2,1H3,(H,17,18). The van der Waals surface area contributed by atoms with Gasteiger partial charge in [0.1, 0.15) is 6.10 Å². The minimum atomic E-state index is -1.29. The molecule has 2 unspecified atom stereocenters. The fourth-order valence-corrected chi connectivity index (χ4v) is 1.94. The maximum absolute atomic E-state index is 10.8. The summed E-state index contributed by atoms with van der Waals surface area (Å²) in [5.41, 5.74) is 5.26. The zero-order chi connectivity index (χ0) is 14.6. The molecular formula is C11H14N2O5S. The molecule has 2 atom stereocenters. The van der Waals surface area contributed by atoms with Crippen molar-refractivity contribution in [3.05, 3.63) is 23.5 Å². The molecule has 0 bridgehead atoms. The normalized spacial score (nSPS) is 13.8. The van der Waals surface area contributed by atoms with Crippen LogP contribution in [-0.2, 0) is 4.79 Å². The zero-order valence-electron chi connectivity index (χ0n) is 10.1. The van der Waals surface area contributed by atoms with Gasteiger partial charge in [-0.05, 0) is 6.07 Å². The number of nitrogens with two attached hydrogens (primary N) is 1. The molecule has 0 spiro atoms. The van der Waals surface area contributed by atoms with Crippen LogP contribution in [-0.4, -0.2) is 43.2 Å². The molecule has 1 aromatic rings. The Labute approximate surface area is 113 Å². The van der Waals surface area contributed by atoms with Gasteiger partial charge in [0.15, 0.2) is 10.8 Å². The number of thioether (sulfide) groups is 1. The Morgan fingerprint density at radius 1 is 1.47 bits per heavy atom. The second-order valence-electron chi connectivity index (χ2n) is 3.83. The number of hydrogen-bond donors (Lipinski definition) is 4. The molecule has 1 rings (SSSR count). The average Bonchev–Trinajstić information content (AvgIpc) is 2.34. The van der Waals surface area contributed by atoms with Crippen molar-refractivity contribution in [2.24, 2.45) is 0 Å². The Kier molecular flexibility index (Phi) is 5.28. The van der Waals surface area contributed by atoms with Crippen LogP contribution in [0, 0.1) is 0 Å². The molecule has 0 saturated carbocycles. The number of nitrogens with zero attached hydrogens (tertiary/aromatic N) is 1. The van der Waals surface area contributed by atoms with E-state index in [1.54, 1.807) is 0 Å². The second-order valence-corrected chi connectivity index (χ2v) is 5.02. The first-order chi connectivity index (χ1) is 8.82. The van der Waals surface area contributed by atoms with E-state index in [1.807, 2.05) is 0 Å². The molecule has 5 N–H and O–H groups in total. The predicted octanol–water partition coefficient (Wildman–Crippen LogP) is 0.0360. The van der Waals surface area contributed by atoms with Gasteiger partial charge in [-0.2, -0.15) is 0 Å². The van der Waals surface area contributed by atoms with E-state index >= 15 is 0 Å². The molecule has 0 radical (unpaired) electrons. The number of carbonyl (C=O) groups excluding carboxylic acids is 1. The van der Waals surface area contributed by atoms with Crippen LogP contribution in [0.4, 0.5) is 5.69 Å². The fourth-order valence-electron chi connectivity index (χ4n) is 1.36. The van der Waals surface area contributed by atoms with Gasteiger partial charge in [-0.25, -0.2) is 9.78 Å². The summed E-state index contributed by atoms with van der Waals surface area (Å²) in [6.45, 7) is 1.35. The molecule has 0 aliphatic heterocycles. The van der Waals surface area contributed by atoms with Crippen LogP contribution in [0.1, 0.15) is 29.1 Å². The summed E-state index contributed by atoms with van der Waals surface area (Å²) in [5, 5.41) is 28.1. The Bertz CT molecular complexity index is 494. The smallest absolute Gasteiger partial charge is 0.356 e. The van der Waals surface area contributed by atoms with Crippen LogP contribution in [0.15, 0.2) is 12.3 Å². The summed E-state index contributed by atoms with van der Waals surface area (Å²) in [7, 11) is 0. The molecule has 104 valence electrons. The first-order valence-electron chi connectivity index (χ1n) is 5.31. The highest BCUT2D eigenvalue weighted by molar-refractivity contribution is 8.13. The lowest BCUT2D eigenvalue weighted by atomic mass is 10.1. The van der Waals surface area contributed by atoms with E-state index in [9.17, 15) is 19.8 Å². The molecule has 0 fully saturated rings. The minimum Gasteiger partial charge on any atom is -0.476 e. The minimum absolute atomic E-state index is 0.0249. The van der Waals surface area contributed by atoms with E-state index in [0.29, 0.717) is 0 Å². The summed E-state index contributed by atoms with van der Waals surface area (Å²) < 4.78 is 0. The number of pyridine rings is 1. The highest BCUT2D eigenvalue weighted by atomic mass is 32.2. The van der Waals surface area contributed by atoms with Gasteiger partial charge < -0.3 is 21.1 Å². The first kappa shape index (κ1) is 15.4. The quantitative estimate of drug-likeness (QED) is 0.596. The third-order valence-corrected chi connectivity index (χ3v) is 3.22. The number of carbonyl (C=O) groups is 2. The summed E-state index contributed by atoms with van der Waals surface area (Å²) in [6, 6.07) is 1.24. The monoisotopic (exact) mass is 286 g/mol. The summed E-state index contributed by atoms with van der Waals surface area (Å²) in [4.78, 5) is 25.1. The van der Waals surface area contributed by atoms with Crippen molar-refractivity contribution in [3.63, 3.8) is 0 Å². The maximum atomic E-state index is 10.8. The lowest BCUT2D eigenvalue weighted by molar-refractivity contribution is -0.109. The van der Waals surface area contributed by atoms with Crippen LogP contribution in [0.5, 0.6) is 0 Å². The summed E-state index contributed by atoms with van der Waals surface area (Å²) in [5.74, 6) is -1.25. The molecular weight excluding hydrogens is 272 g/mol. The predicted molar refractivity (Wildman–Crippen MR) is 69.7 cm³/mol. The van der Waals surface area contributed by atoms with Crippen molar-refractivity contribution in [2.45, 2.75) is 19.1 Å². The van der Waals surface area contributed by atoms with Gasteiger partial charge in [-0.1, -0.05) is 11.8 Å². The van der Waals surface area contributed by atoms with E-state index in [2.05, 4.69) is 4.98 Å². The van der Waals surface area contributed by atoms with Crippen molar-refractivity contribution in [1.82, 2.24) is 4.98 Å². The Hall–Kier alpha value is -1.64. The molecule has 0 aliphatic carbocycles. The largest absolute Gasteiger partial charge is 0.476 e. The van der Waals surface area contributed by atoms with Gasteiger partial charge in [-0.3, -0.25) is 4.79 Å². The lowest BCUT2D eigenvalue weighted by Crippen LogP contribution is -2.22. The molecule has 7 nitrogen and oxygen atoms in total. The van der Waals surface area contributed by atoms with Gasteiger partial charge in [0, 0.05) is 24.4 Å². The Morgan fingerprint density at radius 3 is 2.58 bits per heavy atom. The third kappa shape index (κ3) is 4.19. The topological polar surface area (TPSA) is 134 Å². The number of aliphatic hydroxyl groups excluding tert-OH is 2. The van der Waals surface area contributed by atoms with Crippen LogP contribution in [0.2, 0.25) is 0 Å². The molecule has 1 heterocycles. The number of hydrogen-bond acceptors (Lipinski definition) is 7. The second kappa shape index (κ2) is 6.50. The average molecular weight is 286 g/mol. The van der Waals surface area contributed by atoms with Crippen LogP contribution in [0.25, 0.3) is 0 Å². The van der Waals surface area contributed by atoms with Crippen molar-refractivity contribution in [1.29, 1.82) is 0 Å². The van der Waals surface area contributed by atoms with Gasteiger partial charge in [-0.15, -0.1) is 0 Å². The lowest BCUT2D eigenvalue weighted by Gasteiger charge is -2.17. The number of carboxylic acid groups (broad SMARTS) is 1. The number of aromatic carboxylic acids is 1. The SMILES string of the molecule is CC(=O)SCC(O)C(O)c1cnc(C(=O)O)c(N)c1. The number of rotatable bonds is 5. The first-order valence-corrected chi connectivity index (χ1v) is 6.29. The van der Waals surface area contributed by atoms with Gasteiger partial charge >= 0.3 is 5.97 Å². The van der Waals surface area contributed by atoms with E-state index in [-0.39, 0.29) is 27.8 Å². The van der Waals surface area contributed by atoms with E-state index in [1.165, 1.54) is 13.0 Å². The van der Waals surface area contributed by atoms with E-state index < -0.39 is 18.2 Å². The van der Waals surface area contributed by atoms with Gasteiger partial charge in [0.05, 0.1) is 11.8 Å². The number of nitrogen functional groups attached to an aromatic ring is 1. The molecule has 0 aromatic carbocycles. The zero-order valence-corrected chi connectivity index (χ0v) is 10.9. The number of anilines is 1. The maximum Gasteiger partial charge on any atom is 0.356 e. The fraction of sp³-hybridized carbons (Fsp3) is 0.364. The van der Waals surface area contributed by atoms with Crippen molar-refractivity contribution < 1.29 is 24.9 Å². The molecule has 19 heavy (non-hydrogen) atoms. The van der Waals surface area contributed by atoms with E-state index in [4.69, 9.17) is 10.8 Å². The highest BCUT2D eigenvalue weighted by Gasteiger charge is 2.21. The molecule has 8 heteroatoms. The van der Waals surface area contributed by atoms with Crippen LogP contribution in [0.3, 0.4) is 0 Å². The van der Waals surface area contributed by atoms with Crippen LogP contribution >= 0.6 is 11.8 Å². The Balaban J connectivity index is 2.82. The molecule has 0 amide bonds. The highest BCUT2D eigenvalue weighted by Crippen LogP contribution is 2.22. The molecule has 1 aromatic heterocycles. The summed E-state index contributed by atoms with van der Waals surface area (Å²) >= 11 is 0.880. The van der Waals surface area contributed by atoms with Gasteiger partial charge in [0.2, 0.25) is 0 Å². The third-order valence-electron chi connectivity index (χ3n) is 2.30. The van der Waals surface area contributed by atoms with Crippen LogP contribution < -0.4 is 5.73 Å².